The van der Waals surface area contributed by atoms with E-state index < -0.39 is 0 Å². The van der Waals surface area contributed by atoms with E-state index in [2.05, 4.69) is 24.3 Å². The molecule has 3 rings (SSSR count). The Hall–Kier alpha value is -2.45. The molecule has 0 unspecified atom stereocenters. The Morgan fingerprint density at radius 3 is 1.79 bits per heavy atom. The fraction of sp³-hybridized carbons (Fsp3) is 0.500. The summed E-state index contributed by atoms with van der Waals surface area (Å²) in [6, 6.07) is 16.6. The van der Waals surface area contributed by atoms with Crippen LogP contribution >= 0.6 is 0 Å². The second-order valence-corrected chi connectivity index (χ2v) is 7.76. The predicted octanol–water partition coefficient (Wildman–Crippen LogP) is 3.95. The molecule has 0 aromatic heterocycles. The van der Waals surface area contributed by atoms with Crippen LogP contribution in [0.15, 0.2) is 48.5 Å². The van der Waals surface area contributed by atoms with E-state index in [1.807, 2.05) is 31.2 Å². The third-order valence-corrected chi connectivity index (χ3v) is 5.54. The molecule has 180 valence electrons. The molecule has 1 aliphatic carbocycles. The summed E-state index contributed by atoms with van der Waals surface area (Å²) >= 11 is 0. The first-order chi connectivity index (χ1) is 16.2. The van der Waals surface area contributed by atoms with Gasteiger partial charge in [-0.2, -0.15) is 0 Å². The van der Waals surface area contributed by atoms with Crippen LogP contribution in [0.25, 0.3) is 11.1 Å². The smallest absolute Gasteiger partial charge is 0.409 e. The number of ether oxygens (including phenoxy) is 5. The van der Waals surface area contributed by atoms with Crippen LogP contribution in [0.4, 0.5) is 4.79 Å². The van der Waals surface area contributed by atoms with Crippen molar-refractivity contribution in [2.75, 3.05) is 73.1 Å². The van der Waals surface area contributed by atoms with Crippen molar-refractivity contribution in [3.63, 3.8) is 0 Å². The van der Waals surface area contributed by atoms with Gasteiger partial charge in [0.1, 0.15) is 6.61 Å². The van der Waals surface area contributed by atoms with Gasteiger partial charge in [-0.1, -0.05) is 48.5 Å². The van der Waals surface area contributed by atoms with Crippen molar-refractivity contribution in [3.8, 4) is 11.1 Å². The summed E-state index contributed by atoms with van der Waals surface area (Å²) < 4.78 is 27.2. The number of rotatable bonds is 15. The Bertz CT molecular complexity index is 813. The molecular weight excluding hydrogens is 422 g/mol. The molecule has 0 bridgehead atoms. The molecule has 0 spiro atoms. The van der Waals surface area contributed by atoms with Crippen LogP contribution in [-0.4, -0.2) is 84.0 Å². The highest BCUT2D eigenvalue weighted by Crippen LogP contribution is 2.44. The summed E-state index contributed by atoms with van der Waals surface area (Å²) in [5.41, 5.74) is 4.85. The van der Waals surface area contributed by atoms with Gasteiger partial charge < -0.3 is 28.6 Å². The maximum absolute atomic E-state index is 12.5. The Labute approximate surface area is 196 Å². The number of carbonyl (C=O) groups is 1. The fourth-order valence-corrected chi connectivity index (χ4v) is 3.80. The summed E-state index contributed by atoms with van der Waals surface area (Å²) in [6.07, 6.45) is -0.346. The molecule has 2 aromatic rings. The first-order valence-corrected chi connectivity index (χ1v) is 11.6. The summed E-state index contributed by atoms with van der Waals surface area (Å²) in [7, 11) is 1.72. The normalized spacial score (nSPS) is 12.4. The molecule has 7 nitrogen and oxygen atoms in total. The molecule has 7 heteroatoms. The van der Waals surface area contributed by atoms with E-state index in [1.54, 1.807) is 11.9 Å². The molecule has 0 saturated heterocycles. The van der Waals surface area contributed by atoms with Gasteiger partial charge in [-0.05, 0) is 29.2 Å². The minimum atomic E-state index is -0.346. The van der Waals surface area contributed by atoms with Crippen LogP contribution in [0.1, 0.15) is 24.0 Å². The van der Waals surface area contributed by atoms with E-state index in [-0.39, 0.29) is 12.0 Å². The van der Waals surface area contributed by atoms with Crippen LogP contribution in [0.2, 0.25) is 0 Å². The van der Waals surface area contributed by atoms with Gasteiger partial charge in [0.15, 0.2) is 0 Å². The molecule has 0 aliphatic heterocycles. The average Bonchev–Trinajstić information content (AvgIpc) is 3.16. The third kappa shape index (κ3) is 7.54. The lowest BCUT2D eigenvalue weighted by Gasteiger charge is -2.19. The van der Waals surface area contributed by atoms with Gasteiger partial charge in [0, 0.05) is 26.1 Å². The number of hydrogen-bond donors (Lipinski definition) is 0. The summed E-state index contributed by atoms with van der Waals surface area (Å²) in [5.74, 6) is 0.0614. The van der Waals surface area contributed by atoms with E-state index in [4.69, 9.17) is 23.7 Å². The zero-order valence-electron chi connectivity index (χ0n) is 19.7. The molecular formula is C26H35NO6. The summed E-state index contributed by atoms with van der Waals surface area (Å²) in [5, 5.41) is 0. The van der Waals surface area contributed by atoms with Gasteiger partial charge in [-0.15, -0.1) is 0 Å². The van der Waals surface area contributed by atoms with Crippen molar-refractivity contribution < 1.29 is 28.5 Å². The highest BCUT2D eigenvalue weighted by Gasteiger charge is 2.29. The van der Waals surface area contributed by atoms with E-state index in [9.17, 15) is 4.79 Å². The largest absolute Gasteiger partial charge is 0.448 e. The Balaban J connectivity index is 1.28. The van der Waals surface area contributed by atoms with Gasteiger partial charge in [-0.3, -0.25) is 0 Å². The van der Waals surface area contributed by atoms with Gasteiger partial charge in [0.05, 0.1) is 46.2 Å². The molecule has 1 aliphatic rings. The standard InChI is InChI=1S/C26H35NO6/c1-3-29-14-15-31-18-19-32-17-16-30-13-12-27(2)26(28)33-20-25-23-10-6-4-8-21(23)22-9-5-7-11-24(22)25/h4-11,25H,3,12-20H2,1-2H3. The Morgan fingerprint density at radius 1 is 0.758 bits per heavy atom. The van der Waals surface area contributed by atoms with Crippen LogP contribution < -0.4 is 0 Å². The number of nitrogens with zero attached hydrogens (tertiary/aromatic N) is 1. The van der Waals surface area contributed by atoms with Crippen molar-refractivity contribution in [2.45, 2.75) is 12.8 Å². The van der Waals surface area contributed by atoms with Gasteiger partial charge in [0.2, 0.25) is 0 Å². The minimum Gasteiger partial charge on any atom is -0.448 e. The predicted molar refractivity (Wildman–Crippen MR) is 127 cm³/mol. The Kier molecular flexibility index (Phi) is 10.6. The zero-order chi connectivity index (χ0) is 23.3. The average molecular weight is 458 g/mol. The molecule has 0 atom stereocenters. The molecule has 2 aromatic carbocycles. The van der Waals surface area contributed by atoms with Crippen LogP contribution in [0.3, 0.4) is 0 Å². The fourth-order valence-electron chi connectivity index (χ4n) is 3.80. The van der Waals surface area contributed by atoms with Crippen LogP contribution in [-0.2, 0) is 23.7 Å². The second-order valence-electron chi connectivity index (χ2n) is 7.76. The summed E-state index contributed by atoms with van der Waals surface area (Å²) in [4.78, 5) is 14.0. The third-order valence-electron chi connectivity index (χ3n) is 5.54. The molecule has 0 heterocycles. The lowest BCUT2D eigenvalue weighted by molar-refractivity contribution is -0.00224. The molecule has 1 amide bonds. The molecule has 0 N–H and O–H groups in total. The van der Waals surface area contributed by atoms with Crippen molar-refractivity contribution in [1.82, 2.24) is 4.90 Å². The first kappa shape index (κ1) is 25.2. The molecule has 33 heavy (non-hydrogen) atoms. The monoisotopic (exact) mass is 457 g/mol. The number of hydrogen-bond acceptors (Lipinski definition) is 6. The van der Waals surface area contributed by atoms with Crippen molar-refractivity contribution in [3.05, 3.63) is 59.7 Å². The first-order valence-electron chi connectivity index (χ1n) is 11.6. The van der Waals surface area contributed by atoms with E-state index >= 15 is 0 Å². The number of carbonyl (C=O) groups excluding carboxylic acids is 1. The summed E-state index contributed by atoms with van der Waals surface area (Å²) in [6.45, 7) is 7.07. The zero-order valence-corrected chi connectivity index (χ0v) is 19.7. The quantitative estimate of drug-likeness (QED) is 0.377. The topological polar surface area (TPSA) is 66.5 Å². The highest BCUT2D eigenvalue weighted by molar-refractivity contribution is 5.79. The van der Waals surface area contributed by atoms with Crippen LogP contribution in [0, 0.1) is 0 Å². The maximum atomic E-state index is 12.5. The number of fused-ring (bicyclic) bond motifs is 3. The van der Waals surface area contributed by atoms with E-state index in [0.29, 0.717) is 66.0 Å². The lowest BCUT2D eigenvalue weighted by Crippen LogP contribution is -2.32. The maximum Gasteiger partial charge on any atom is 0.409 e. The number of likely N-dealkylation sites (N-methyl/N-ethyl adjacent to an activating group) is 1. The van der Waals surface area contributed by atoms with Crippen molar-refractivity contribution in [1.29, 1.82) is 0 Å². The second kappa shape index (κ2) is 14.0. The number of benzene rings is 2. The highest BCUT2D eigenvalue weighted by atomic mass is 16.6. The molecule has 0 saturated carbocycles. The van der Waals surface area contributed by atoms with Gasteiger partial charge in [0.25, 0.3) is 0 Å². The van der Waals surface area contributed by atoms with E-state index in [0.717, 1.165) is 0 Å². The van der Waals surface area contributed by atoms with Crippen LogP contribution in [0.5, 0.6) is 0 Å². The molecule has 0 radical (unpaired) electrons. The SMILES string of the molecule is CCOCCOCCOCCOCCN(C)C(=O)OCC1c2ccccc2-c2ccccc21. The lowest BCUT2D eigenvalue weighted by atomic mass is 9.98. The van der Waals surface area contributed by atoms with Gasteiger partial charge >= 0.3 is 6.09 Å². The Morgan fingerprint density at radius 2 is 1.24 bits per heavy atom. The van der Waals surface area contributed by atoms with Crippen molar-refractivity contribution in [2.24, 2.45) is 0 Å². The van der Waals surface area contributed by atoms with Gasteiger partial charge in [-0.25, -0.2) is 4.79 Å². The molecule has 0 fully saturated rings. The minimum absolute atomic E-state index is 0.0614. The number of amides is 1. The van der Waals surface area contributed by atoms with Crippen molar-refractivity contribution >= 4 is 6.09 Å². The van der Waals surface area contributed by atoms with E-state index in [1.165, 1.54) is 22.3 Å².